The lowest BCUT2D eigenvalue weighted by Crippen LogP contribution is -2.79. The molecule has 1 aliphatic heterocycles. The van der Waals surface area contributed by atoms with Gasteiger partial charge in [0.2, 0.25) is 11.8 Å². The standard InChI is InChI=1S/C20H29ClF3N3O4/c21-13-3-2-12(5-14(13)22)30-7-15(28)27-20-8-19(9-20,10-20)17(29)26-11-1-4-16(25-6-11)31-18(23)24/h11-14,16,18,25H,1-10H2,(H,26,29)(H,27,28). The van der Waals surface area contributed by atoms with Crippen LogP contribution in [0.3, 0.4) is 0 Å². The molecular weight excluding hydrogens is 439 g/mol. The molecule has 5 fully saturated rings. The molecule has 5 unspecified atom stereocenters. The maximum Gasteiger partial charge on any atom is 0.346 e. The summed E-state index contributed by atoms with van der Waals surface area (Å²) in [5, 5.41) is 8.34. The number of ether oxygens (including phenoxy) is 2. The van der Waals surface area contributed by atoms with Crippen LogP contribution in [-0.4, -0.2) is 67.0 Å². The number of amides is 2. The van der Waals surface area contributed by atoms with Crippen molar-refractivity contribution >= 4 is 23.4 Å². The van der Waals surface area contributed by atoms with E-state index in [1.54, 1.807) is 0 Å². The van der Waals surface area contributed by atoms with Crippen molar-refractivity contribution in [3.63, 3.8) is 0 Å². The molecule has 0 radical (unpaired) electrons. The van der Waals surface area contributed by atoms with Crippen LogP contribution >= 0.6 is 11.6 Å². The van der Waals surface area contributed by atoms with Gasteiger partial charge in [-0.15, -0.1) is 11.6 Å². The fraction of sp³-hybridized carbons (Fsp3) is 0.900. The molecule has 4 saturated carbocycles. The highest BCUT2D eigenvalue weighted by Gasteiger charge is 2.72. The molecule has 0 aromatic carbocycles. The van der Waals surface area contributed by atoms with Crippen molar-refractivity contribution < 1.29 is 32.2 Å². The third-order valence-electron chi connectivity index (χ3n) is 6.98. The number of rotatable bonds is 8. The van der Waals surface area contributed by atoms with Crippen LogP contribution < -0.4 is 16.0 Å². The second-order valence-corrected chi connectivity index (χ2v) is 10.0. The van der Waals surface area contributed by atoms with Crippen molar-refractivity contribution in [1.29, 1.82) is 0 Å². The maximum atomic E-state index is 13.7. The van der Waals surface area contributed by atoms with Crippen LogP contribution in [-0.2, 0) is 19.1 Å². The van der Waals surface area contributed by atoms with E-state index < -0.39 is 29.8 Å². The third-order valence-corrected chi connectivity index (χ3v) is 7.47. The average Bonchev–Trinajstić information content (AvgIpc) is 2.65. The van der Waals surface area contributed by atoms with Gasteiger partial charge in [-0.1, -0.05) is 0 Å². The summed E-state index contributed by atoms with van der Waals surface area (Å²) in [5.41, 5.74) is -0.806. The normalized spacial score (nSPS) is 41.8. The van der Waals surface area contributed by atoms with Gasteiger partial charge >= 0.3 is 6.61 Å². The van der Waals surface area contributed by atoms with Crippen LogP contribution in [0.15, 0.2) is 0 Å². The predicted molar refractivity (Wildman–Crippen MR) is 105 cm³/mol. The van der Waals surface area contributed by atoms with Crippen molar-refractivity contribution in [3.8, 4) is 0 Å². The molecule has 176 valence electrons. The van der Waals surface area contributed by atoms with E-state index in [2.05, 4.69) is 20.7 Å². The Labute approximate surface area is 184 Å². The lowest BCUT2D eigenvalue weighted by atomic mass is 9.39. The van der Waals surface area contributed by atoms with Gasteiger partial charge in [0, 0.05) is 24.5 Å². The number of piperidine rings is 1. The Kier molecular flexibility index (Phi) is 6.72. The fourth-order valence-corrected chi connectivity index (χ4v) is 5.64. The molecule has 1 saturated heterocycles. The van der Waals surface area contributed by atoms with Crippen molar-refractivity contribution in [2.24, 2.45) is 5.41 Å². The van der Waals surface area contributed by atoms with Crippen LogP contribution in [0, 0.1) is 5.41 Å². The zero-order valence-corrected chi connectivity index (χ0v) is 17.9. The zero-order valence-electron chi connectivity index (χ0n) is 17.2. The average molecular weight is 468 g/mol. The molecule has 4 aliphatic carbocycles. The highest BCUT2D eigenvalue weighted by molar-refractivity contribution is 6.21. The minimum atomic E-state index is -2.82. The van der Waals surface area contributed by atoms with Gasteiger partial charge in [-0.05, 0) is 44.9 Å². The van der Waals surface area contributed by atoms with E-state index in [0.717, 1.165) is 0 Å². The molecule has 1 heterocycles. The fourth-order valence-electron chi connectivity index (χ4n) is 5.41. The third kappa shape index (κ3) is 5.12. The molecule has 0 spiro atoms. The summed E-state index contributed by atoms with van der Waals surface area (Å²) < 4.78 is 48.1. The zero-order chi connectivity index (χ0) is 22.2. The first-order valence-electron chi connectivity index (χ1n) is 10.9. The first-order chi connectivity index (χ1) is 14.7. The van der Waals surface area contributed by atoms with Crippen molar-refractivity contribution in [1.82, 2.24) is 16.0 Å². The van der Waals surface area contributed by atoms with E-state index in [-0.39, 0.29) is 42.5 Å². The molecule has 5 aliphatic rings. The summed E-state index contributed by atoms with van der Waals surface area (Å²) in [6.07, 6.45) is 2.00. The second kappa shape index (κ2) is 9.03. The molecular formula is C20H29ClF3N3O4. The quantitative estimate of drug-likeness (QED) is 0.475. The molecule has 5 atom stereocenters. The molecule has 31 heavy (non-hydrogen) atoms. The first kappa shape index (κ1) is 23.1. The molecule has 11 heteroatoms. The molecule has 3 N–H and O–H groups in total. The molecule has 5 rings (SSSR count). The smallest absolute Gasteiger partial charge is 0.346 e. The Hall–Kier alpha value is -1.10. The minimum absolute atomic E-state index is 0.0493. The van der Waals surface area contributed by atoms with E-state index >= 15 is 0 Å². The largest absolute Gasteiger partial charge is 0.368 e. The number of hydrogen-bond acceptors (Lipinski definition) is 5. The number of alkyl halides is 4. The van der Waals surface area contributed by atoms with E-state index in [9.17, 15) is 22.8 Å². The predicted octanol–water partition coefficient (Wildman–Crippen LogP) is 1.97. The Morgan fingerprint density at radius 2 is 1.90 bits per heavy atom. The van der Waals surface area contributed by atoms with E-state index in [1.165, 1.54) is 0 Å². The molecule has 7 nitrogen and oxygen atoms in total. The Morgan fingerprint density at radius 3 is 2.52 bits per heavy atom. The second-order valence-electron chi connectivity index (χ2n) is 9.46. The first-order valence-corrected chi connectivity index (χ1v) is 11.3. The van der Waals surface area contributed by atoms with Crippen LogP contribution in [0.5, 0.6) is 0 Å². The molecule has 2 bridgehead atoms. The molecule has 0 aromatic heterocycles. The van der Waals surface area contributed by atoms with Crippen LogP contribution in [0.1, 0.15) is 51.4 Å². The number of nitrogens with one attached hydrogen (secondary N) is 3. The molecule has 2 amide bonds. The van der Waals surface area contributed by atoms with Crippen molar-refractivity contribution in [3.05, 3.63) is 0 Å². The monoisotopic (exact) mass is 467 g/mol. The van der Waals surface area contributed by atoms with Crippen LogP contribution in [0.25, 0.3) is 0 Å². The number of carbonyl (C=O) groups is 2. The number of carbonyl (C=O) groups excluding carboxylic acids is 2. The van der Waals surface area contributed by atoms with Crippen LogP contribution in [0.2, 0.25) is 0 Å². The molecule has 0 aromatic rings. The van der Waals surface area contributed by atoms with Crippen LogP contribution in [0.4, 0.5) is 13.2 Å². The van der Waals surface area contributed by atoms with E-state index in [0.29, 0.717) is 51.5 Å². The van der Waals surface area contributed by atoms with Gasteiger partial charge < -0.3 is 20.1 Å². The van der Waals surface area contributed by atoms with Gasteiger partial charge in [0.25, 0.3) is 0 Å². The Balaban J connectivity index is 1.13. The summed E-state index contributed by atoms with van der Waals surface area (Å²) in [6, 6.07) is -0.125. The van der Waals surface area contributed by atoms with Gasteiger partial charge in [-0.3, -0.25) is 14.9 Å². The van der Waals surface area contributed by atoms with E-state index in [1.807, 2.05) is 0 Å². The van der Waals surface area contributed by atoms with E-state index in [4.69, 9.17) is 16.3 Å². The highest BCUT2D eigenvalue weighted by atomic mass is 35.5. The summed E-state index contributed by atoms with van der Waals surface area (Å²) >= 11 is 5.86. The van der Waals surface area contributed by atoms with Gasteiger partial charge in [-0.2, -0.15) is 8.78 Å². The summed E-state index contributed by atoms with van der Waals surface area (Å²) in [7, 11) is 0. The van der Waals surface area contributed by atoms with Crippen molar-refractivity contribution in [2.75, 3.05) is 13.2 Å². The summed E-state index contributed by atoms with van der Waals surface area (Å²) in [6.45, 7) is -2.56. The highest BCUT2D eigenvalue weighted by Crippen LogP contribution is 2.67. The lowest BCUT2D eigenvalue weighted by Gasteiger charge is -2.69. The number of halogens is 4. The minimum Gasteiger partial charge on any atom is -0.368 e. The van der Waals surface area contributed by atoms with Gasteiger partial charge in [0.05, 0.1) is 16.9 Å². The Morgan fingerprint density at radius 1 is 1.16 bits per heavy atom. The van der Waals surface area contributed by atoms with Crippen molar-refractivity contribution in [2.45, 2.75) is 93.4 Å². The topological polar surface area (TPSA) is 88.7 Å². The Bertz CT molecular complexity index is 673. The summed E-state index contributed by atoms with van der Waals surface area (Å²) in [4.78, 5) is 24.9. The SMILES string of the molecule is O=C(COC1CCC(Cl)C(F)C1)NC12CC(C(=O)NC3CCC(OC(F)F)NC3)(C1)C2. The number of hydrogen-bond donors (Lipinski definition) is 3. The summed E-state index contributed by atoms with van der Waals surface area (Å²) in [5.74, 6) is -0.301. The maximum absolute atomic E-state index is 13.7. The lowest BCUT2D eigenvalue weighted by molar-refractivity contribution is -0.187. The van der Waals surface area contributed by atoms with Gasteiger partial charge in [0.1, 0.15) is 19.0 Å². The van der Waals surface area contributed by atoms with Gasteiger partial charge in [-0.25, -0.2) is 4.39 Å². The van der Waals surface area contributed by atoms with Gasteiger partial charge in [0.15, 0.2) is 0 Å².